The number of carbonyl (C=O) groups is 1. The van der Waals surface area contributed by atoms with Gasteiger partial charge in [0, 0.05) is 18.3 Å². The van der Waals surface area contributed by atoms with Crippen LogP contribution >= 0.6 is 12.4 Å². The minimum atomic E-state index is -2.58. The molecule has 0 radical (unpaired) electrons. The zero-order chi connectivity index (χ0) is 15.9. The zero-order valence-corrected chi connectivity index (χ0v) is 13.5. The van der Waals surface area contributed by atoms with Crippen LogP contribution in [-0.4, -0.2) is 29.5 Å². The zero-order valence-electron chi connectivity index (χ0n) is 12.6. The Kier molecular flexibility index (Phi) is 8.89. The van der Waals surface area contributed by atoms with Gasteiger partial charge >= 0.3 is 0 Å². The van der Waals surface area contributed by atoms with Gasteiger partial charge < -0.3 is 15.8 Å². The highest BCUT2D eigenvalue weighted by Crippen LogP contribution is 2.16. The predicted octanol–water partition coefficient (Wildman–Crippen LogP) is 2.28. The number of nitrogens with zero attached hydrogens (tertiary/aromatic N) is 1. The van der Waals surface area contributed by atoms with Gasteiger partial charge in [0.15, 0.2) is 6.61 Å². The van der Waals surface area contributed by atoms with Crippen LogP contribution in [-0.2, 0) is 11.3 Å². The number of hydrogen-bond acceptors (Lipinski definition) is 4. The molecule has 0 bridgehead atoms. The number of carbonyl (C=O) groups excluding carboxylic acids is 1. The second-order valence-electron chi connectivity index (χ2n) is 5.02. The van der Waals surface area contributed by atoms with Crippen molar-refractivity contribution in [1.29, 1.82) is 0 Å². The summed E-state index contributed by atoms with van der Waals surface area (Å²) < 4.78 is 29.3. The largest absolute Gasteiger partial charge is 0.471 e. The number of alkyl halides is 2. The van der Waals surface area contributed by atoms with Crippen molar-refractivity contribution in [1.82, 2.24) is 10.3 Å². The summed E-state index contributed by atoms with van der Waals surface area (Å²) in [6.07, 6.45) is 0.207. The van der Waals surface area contributed by atoms with Gasteiger partial charge in [-0.25, -0.2) is 13.8 Å². The van der Waals surface area contributed by atoms with E-state index in [9.17, 15) is 13.6 Å². The maximum atomic E-state index is 12.2. The van der Waals surface area contributed by atoms with Crippen molar-refractivity contribution in [3.63, 3.8) is 0 Å². The number of aromatic nitrogens is 1. The van der Waals surface area contributed by atoms with Crippen molar-refractivity contribution >= 4 is 18.3 Å². The molecule has 1 aromatic rings. The molecule has 0 saturated heterocycles. The number of halogens is 3. The van der Waals surface area contributed by atoms with Crippen LogP contribution in [0.2, 0.25) is 0 Å². The minimum absolute atomic E-state index is 0. The smallest absolute Gasteiger partial charge is 0.272 e. The molecule has 0 aliphatic rings. The monoisotopic (exact) mass is 337 g/mol. The topological polar surface area (TPSA) is 77.2 Å². The molecule has 1 unspecified atom stereocenters. The first-order chi connectivity index (χ1) is 9.86. The highest BCUT2D eigenvalue weighted by molar-refractivity contribution is 5.85. The molecule has 1 atom stereocenters. The number of amides is 1. The molecule has 0 spiro atoms. The molecule has 0 aliphatic heterocycles. The standard InChI is InChI=1S/C14H21F2N3O2.ClH/c1-3-6-14(2,17)13(20)19-8-10-5-4-7-18-12(10)21-9-11(15)16;/h4-5,7,11H,3,6,8-9,17H2,1-2H3,(H,19,20);1H. The highest BCUT2D eigenvalue weighted by atomic mass is 35.5. The fourth-order valence-corrected chi connectivity index (χ4v) is 1.84. The van der Waals surface area contributed by atoms with Crippen molar-refractivity contribution in [2.45, 2.75) is 45.2 Å². The number of ether oxygens (including phenoxy) is 1. The third-order valence-electron chi connectivity index (χ3n) is 2.92. The molecular weight excluding hydrogens is 316 g/mol. The number of nitrogens with one attached hydrogen (secondary N) is 1. The second kappa shape index (κ2) is 9.53. The van der Waals surface area contributed by atoms with Gasteiger partial charge in [0.1, 0.15) is 0 Å². The van der Waals surface area contributed by atoms with Gasteiger partial charge in [0.2, 0.25) is 11.8 Å². The van der Waals surface area contributed by atoms with E-state index in [1.54, 1.807) is 19.1 Å². The summed E-state index contributed by atoms with van der Waals surface area (Å²) in [4.78, 5) is 15.9. The van der Waals surface area contributed by atoms with Crippen molar-refractivity contribution in [3.05, 3.63) is 23.9 Å². The maximum Gasteiger partial charge on any atom is 0.272 e. The molecule has 0 fully saturated rings. The number of rotatable bonds is 8. The first-order valence-electron chi connectivity index (χ1n) is 6.79. The van der Waals surface area contributed by atoms with Gasteiger partial charge in [-0.3, -0.25) is 4.79 Å². The van der Waals surface area contributed by atoms with Crippen LogP contribution in [0.15, 0.2) is 18.3 Å². The van der Waals surface area contributed by atoms with Crippen molar-refractivity contribution in [3.8, 4) is 5.88 Å². The lowest BCUT2D eigenvalue weighted by molar-refractivity contribution is -0.126. The molecule has 0 aliphatic carbocycles. The van der Waals surface area contributed by atoms with Gasteiger partial charge in [0.05, 0.1) is 5.54 Å². The number of nitrogens with two attached hydrogens (primary N) is 1. The third kappa shape index (κ3) is 6.53. The number of pyridine rings is 1. The van der Waals surface area contributed by atoms with Crippen LogP contribution < -0.4 is 15.8 Å². The van der Waals surface area contributed by atoms with Gasteiger partial charge in [-0.2, -0.15) is 0 Å². The minimum Gasteiger partial charge on any atom is -0.471 e. The molecule has 22 heavy (non-hydrogen) atoms. The van der Waals surface area contributed by atoms with E-state index in [4.69, 9.17) is 10.5 Å². The fourth-order valence-electron chi connectivity index (χ4n) is 1.84. The SMILES string of the molecule is CCCC(C)(N)C(=O)NCc1cccnc1OCC(F)F.Cl. The Hall–Kier alpha value is -1.47. The molecule has 1 aromatic heterocycles. The first-order valence-corrected chi connectivity index (χ1v) is 6.79. The number of hydrogen-bond donors (Lipinski definition) is 2. The molecule has 1 rings (SSSR count). The lowest BCUT2D eigenvalue weighted by Crippen LogP contribution is -2.51. The van der Waals surface area contributed by atoms with E-state index in [-0.39, 0.29) is 30.7 Å². The molecule has 1 heterocycles. The Morgan fingerprint density at radius 3 is 2.82 bits per heavy atom. The van der Waals surface area contributed by atoms with E-state index < -0.39 is 18.6 Å². The van der Waals surface area contributed by atoms with Crippen LogP contribution in [0.1, 0.15) is 32.3 Å². The van der Waals surface area contributed by atoms with Gasteiger partial charge in [-0.15, -0.1) is 12.4 Å². The average molecular weight is 338 g/mol. The summed E-state index contributed by atoms with van der Waals surface area (Å²) in [7, 11) is 0. The lowest BCUT2D eigenvalue weighted by Gasteiger charge is -2.23. The Morgan fingerprint density at radius 1 is 1.55 bits per heavy atom. The van der Waals surface area contributed by atoms with Gasteiger partial charge in [-0.1, -0.05) is 19.4 Å². The van der Waals surface area contributed by atoms with Gasteiger partial charge in [-0.05, 0) is 19.4 Å². The second-order valence-corrected chi connectivity index (χ2v) is 5.02. The normalized spacial score (nSPS) is 13.2. The molecule has 1 amide bonds. The summed E-state index contributed by atoms with van der Waals surface area (Å²) in [5.74, 6) is -0.208. The van der Waals surface area contributed by atoms with Crippen LogP contribution in [0.5, 0.6) is 5.88 Å². The summed E-state index contributed by atoms with van der Waals surface area (Å²) in [6.45, 7) is 2.99. The first kappa shape index (κ1) is 20.5. The third-order valence-corrected chi connectivity index (χ3v) is 2.92. The van der Waals surface area contributed by atoms with Crippen LogP contribution in [0.25, 0.3) is 0 Å². The molecule has 3 N–H and O–H groups in total. The Bertz CT molecular complexity index is 473. The summed E-state index contributed by atoms with van der Waals surface area (Å²) in [5, 5.41) is 2.68. The Morgan fingerprint density at radius 2 is 2.23 bits per heavy atom. The lowest BCUT2D eigenvalue weighted by atomic mass is 9.96. The van der Waals surface area contributed by atoms with E-state index >= 15 is 0 Å². The molecule has 0 aromatic carbocycles. The van der Waals surface area contributed by atoms with Crippen LogP contribution in [0.4, 0.5) is 8.78 Å². The highest BCUT2D eigenvalue weighted by Gasteiger charge is 2.26. The Balaban J connectivity index is 0.00000441. The van der Waals surface area contributed by atoms with E-state index in [0.29, 0.717) is 12.0 Å². The van der Waals surface area contributed by atoms with Crippen molar-refractivity contribution in [2.75, 3.05) is 6.61 Å². The maximum absolute atomic E-state index is 12.2. The van der Waals surface area contributed by atoms with Crippen LogP contribution in [0, 0.1) is 0 Å². The van der Waals surface area contributed by atoms with E-state index in [1.165, 1.54) is 6.20 Å². The molecule has 5 nitrogen and oxygen atoms in total. The van der Waals surface area contributed by atoms with Crippen LogP contribution in [0.3, 0.4) is 0 Å². The Labute approximate surface area is 135 Å². The summed E-state index contributed by atoms with van der Waals surface area (Å²) in [5.41, 5.74) is 5.48. The molecule has 8 heteroatoms. The van der Waals surface area contributed by atoms with Crippen molar-refractivity contribution < 1.29 is 18.3 Å². The van der Waals surface area contributed by atoms with E-state index in [2.05, 4.69) is 10.3 Å². The average Bonchev–Trinajstić information content (AvgIpc) is 2.43. The molecular formula is C14H22ClF2N3O2. The molecule has 126 valence electrons. The quantitative estimate of drug-likeness (QED) is 0.763. The summed E-state index contributed by atoms with van der Waals surface area (Å²) >= 11 is 0. The van der Waals surface area contributed by atoms with E-state index in [0.717, 1.165) is 6.42 Å². The predicted molar refractivity (Wildman–Crippen MR) is 82.3 cm³/mol. The summed E-state index contributed by atoms with van der Waals surface area (Å²) in [6, 6.07) is 3.30. The van der Waals surface area contributed by atoms with E-state index in [1.807, 2.05) is 6.92 Å². The molecule has 0 saturated carbocycles. The fraction of sp³-hybridized carbons (Fsp3) is 0.571. The van der Waals surface area contributed by atoms with Crippen molar-refractivity contribution in [2.24, 2.45) is 5.73 Å². The van der Waals surface area contributed by atoms with Gasteiger partial charge in [0.25, 0.3) is 6.43 Å².